The summed E-state index contributed by atoms with van der Waals surface area (Å²) in [7, 11) is 0. The van der Waals surface area contributed by atoms with Gasteiger partial charge in [0.25, 0.3) is 0 Å². The van der Waals surface area contributed by atoms with E-state index in [1.54, 1.807) is 6.92 Å². The molecule has 23 heavy (non-hydrogen) atoms. The molecule has 2 aliphatic rings. The molecule has 5 N–H and O–H groups in total. The van der Waals surface area contributed by atoms with E-state index in [-0.39, 0.29) is 0 Å². The van der Waals surface area contributed by atoms with Crippen LogP contribution in [-0.2, 0) is 9.47 Å². The first-order chi connectivity index (χ1) is 10.7. The van der Waals surface area contributed by atoms with Crippen LogP contribution in [0.15, 0.2) is 11.6 Å². The summed E-state index contributed by atoms with van der Waals surface area (Å²) in [5.41, 5.74) is 0.0168. The van der Waals surface area contributed by atoms with Crippen LogP contribution in [0, 0.1) is 5.92 Å². The van der Waals surface area contributed by atoms with Crippen molar-refractivity contribution in [1.29, 1.82) is 0 Å². The van der Waals surface area contributed by atoms with E-state index >= 15 is 0 Å². The van der Waals surface area contributed by atoms with Gasteiger partial charge in [-0.05, 0) is 25.7 Å². The van der Waals surface area contributed by atoms with Crippen molar-refractivity contribution in [2.45, 2.75) is 76.0 Å². The van der Waals surface area contributed by atoms with Gasteiger partial charge in [0.1, 0.15) is 24.4 Å². The van der Waals surface area contributed by atoms with Crippen LogP contribution in [0.25, 0.3) is 0 Å². The third-order valence-electron chi connectivity index (χ3n) is 4.78. The number of hydrogen-bond acceptors (Lipinski definition) is 7. The third kappa shape index (κ3) is 3.93. The standard InChI is InChI=1S/C16H28O7/c1-8(2)9-4-5-16(3,21)11(6-9)23-15-14(20)13(19)12(18)10(7-17)22-15/h4,8,10-15,17-21H,5-7H2,1-3H3/t10-,11+,12-,13+,14-,15+,16-/m0/s1. The highest BCUT2D eigenvalue weighted by molar-refractivity contribution is 5.15. The van der Waals surface area contributed by atoms with E-state index < -0.39 is 49.0 Å². The van der Waals surface area contributed by atoms with Crippen LogP contribution < -0.4 is 0 Å². The summed E-state index contributed by atoms with van der Waals surface area (Å²) in [5.74, 6) is 0.312. The van der Waals surface area contributed by atoms with Crippen LogP contribution in [0.1, 0.15) is 33.6 Å². The van der Waals surface area contributed by atoms with Gasteiger partial charge >= 0.3 is 0 Å². The fourth-order valence-electron chi connectivity index (χ4n) is 2.99. The SMILES string of the molecule is CC(C)C1=CC[C@](C)(O)[C@H](O[C@H]2O[C@@H](CO)[C@H](O)[C@@H](O)[C@@H]2O)C1. The first kappa shape index (κ1) is 18.8. The fourth-order valence-corrected chi connectivity index (χ4v) is 2.99. The molecule has 0 bridgehead atoms. The molecule has 1 fully saturated rings. The van der Waals surface area contributed by atoms with E-state index in [4.69, 9.17) is 9.47 Å². The van der Waals surface area contributed by atoms with Gasteiger partial charge in [0.2, 0.25) is 0 Å². The molecule has 1 aliphatic heterocycles. The van der Waals surface area contributed by atoms with Crippen molar-refractivity contribution >= 4 is 0 Å². The number of aliphatic hydroxyl groups is 5. The molecule has 2 rings (SSSR count). The molecule has 7 nitrogen and oxygen atoms in total. The Bertz CT molecular complexity index is 432. The lowest BCUT2D eigenvalue weighted by atomic mass is 9.80. The first-order valence-electron chi connectivity index (χ1n) is 8.04. The number of rotatable bonds is 4. The Morgan fingerprint density at radius 2 is 1.91 bits per heavy atom. The lowest BCUT2D eigenvalue weighted by molar-refractivity contribution is -0.323. The molecule has 1 heterocycles. The Labute approximate surface area is 136 Å². The Balaban J connectivity index is 2.11. The maximum Gasteiger partial charge on any atom is 0.187 e. The second-order valence-corrected chi connectivity index (χ2v) is 7.02. The zero-order chi connectivity index (χ0) is 17.4. The molecular formula is C16H28O7. The second kappa shape index (κ2) is 7.14. The molecule has 0 aromatic rings. The van der Waals surface area contributed by atoms with E-state index in [9.17, 15) is 25.5 Å². The molecule has 0 amide bonds. The summed E-state index contributed by atoms with van der Waals surface area (Å²) in [6.07, 6.45) is -4.34. The van der Waals surface area contributed by atoms with Gasteiger partial charge < -0.3 is 35.0 Å². The van der Waals surface area contributed by atoms with Crippen molar-refractivity contribution in [3.05, 3.63) is 11.6 Å². The highest BCUT2D eigenvalue weighted by atomic mass is 16.7. The molecule has 1 saturated heterocycles. The average molecular weight is 332 g/mol. The summed E-state index contributed by atoms with van der Waals surface area (Å²) >= 11 is 0. The van der Waals surface area contributed by atoms with Gasteiger partial charge in [-0.3, -0.25) is 0 Å². The summed E-state index contributed by atoms with van der Waals surface area (Å²) in [4.78, 5) is 0. The molecule has 0 unspecified atom stereocenters. The van der Waals surface area contributed by atoms with Gasteiger partial charge in [0, 0.05) is 0 Å². The first-order valence-corrected chi connectivity index (χ1v) is 8.04. The normalized spacial score (nSPS) is 45.2. The molecule has 7 heteroatoms. The third-order valence-corrected chi connectivity index (χ3v) is 4.78. The lowest BCUT2D eigenvalue weighted by Gasteiger charge is -2.44. The smallest absolute Gasteiger partial charge is 0.187 e. The van der Waals surface area contributed by atoms with Gasteiger partial charge in [-0.1, -0.05) is 25.5 Å². The molecule has 0 aromatic heterocycles. The summed E-state index contributed by atoms with van der Waals surface area (Å²) in [6, 6.07) is 0. The van der Waals surface area contributed by atoms with E-state index in [1.165, 1.54) is 0 Å². The molecule has 0 saturated carbocycles. The van der Waals surface area contributed by atoms with Crippen LogP contribution in [0.4, 0.5) is 0 Å². The topological polar surface area (TPSA) is 120 Å². The Morgan fingerprint density at radius 1 is 1.26 bits per heavy atom. The minimum absolute atomic E-state index is 0.312. The number of ether oxygens (including phenoxy) is 2. The molecule has 0 radical (unpaired) electrons. The maximum atomic E-state index is 10.5. The lowest BCUT2D eigenvalue weighted by Crippen LogP contribution is -2.61. The number of hydrogen-bond donors (Lipinski definition) is 5. The highest BCUT2D eigenvalue weighted by Gasteiger charge is 2.47. The van der Waals surface area contributed by atoms with Crippen molar-refractivity contribution in [2.24, 2.45) is 5.92 Å². The Morgan fingerprint density at radius 3 is 2.48 bits per heavy atom. The number of aliphatic hydroxyl groups excluding tert-OH is 4. The van der Waals surface area contributed by atoms with Gasteiger partial charge in [-0.15, -0.1) is 0 Å². The second-order valence-electron chi connectivity index (χ2n) is 7.02. The molecule has 0 aromatic carbocycles. The van der Waals surface area contributed by atoms with Crippen molar-refractivity contribution in [3.8, 4) is 0 Å². The van der Waals surface area contributed by atoms with Crippen LogP contribution in [0.2, 0.25) is 0 Å². The molecule has 1 aliphatic carbocycles. The fraction of sp³-hybridized carbons (Fsp3) is 0.875. The molecule has 7 atom stereocenters. The Kier molecular flexibility index (Phi) is 5.84. The predicted molar refractivity (Wildman–Crippen MR) is 81.4 cm³/mol. The summed E-state index contributed by atoms with van der Waals surface area (Å²) in [6.45, 7) is 5.24. The van der Waals surface area contributed by atoms with Gasteiger partial charge in [0.15, 0.2) is 6.29 Å². The van der Waals surface area contributed by atoms with Crippen molar-refractivity contribution < 1.29 is 35.0 Å². The van der Waals surface area contributed by atoms with Crippen molar-refractivity contribution in [2.75, 3.05) is 6.61 Å². The van der Waals surface area contributed by atoms with Crippen LogP contribution in [0.3, 0.4) is 0 Å². The highest BCUT2D eigenvalue weighted by Crippen LogP contribution is 2.35. The summed E-state index contributed by atoms with van der Waals surface area (Å²) in [5, 5.41) is 49.4. The van der Waals surface area contributed by atoms with Crippen LogP contribution in [0.5, 0.6) is 0 Å². The van der Waals surface area contributed by atoms with E-state index in [2.05, 4.69) is 13.8 Å². The van der Waals surface area contributed by atoms with Crippen molar-refractivity contribution in [1.82, 2.24) is 0 Å². The van der Waals surface area contributed by atoms with Gasteiger partial charge in [-0.2, -0.15) is 0 Å². The minimum atomic E-state index is -1.49. The molecular weight excluding hydrogens is 304 g/mol. The molecule has 0 spiro atoms. The quantitative estimate of drug-likeness (QED) is 0.432. The summed E-state index contributed by atoms with van der Waals surface area (Å²) < 4.78 is 11.1. The van der Waals surface area contributed by atoms with Crippen molar-refractivity contribution in [3.63, 3.8) is 0 Å². The largest absolute Gasteiger partial charge is 0.394 e. The zero-order valence-electron chi connectivity index (χ0n) is 13.8. The van der Waals surface area contributed by atoms with E-state index in [0.717, 1.165) is 5.57 Å². The monoisotopic (exact) mass is 332 g/mol. The zero-order valence-corrected chi connectivity index (χ0v) is 13.8. The van der Waals surface area contributed by atoms with Gasteiger partial charge in [0.05, 0.1) is 18.3 Å². The molecule has 134 valence electrons. The maximum absolute atomic E-state index is 10.5. The van der Waals surface area contributed by atoms with E-state index in [1.807, 2.05) is 6.08 Å². The average Bonchev–Trinajstić information content (AvgIpc) is 2.49. The van der Waals surface area contributed by atoms with Crippen LogP contribution >= 0.6 is 0 Å². The predicted octanol–water partition coefficient (Wildman–Crippen LogP) is -0.701. The van der Waals surface area contributed by atoms with Crippen LogP contribution in [-0.4, -0.2) is 74.6 Å². The van der Waals surface area contributed by atoms with Gasteiger partial charge in [-0.25, -0.2) is 0 Å². The Hall–Kier alpha value is -0.540. The van der Waals surface area contributed by atoms with E-state index in [0.29, 0.717) is 18.8 Å². The minimum Gasteiger partial charge on any atom is -0.394 e.